The molecule has 0 aliphatic carbocycles. The average Bonchev–Trinajstić information content (AvgIpc) is 2.45. The zero-order valence-electron chi connectivity index (χ0n) is 12.5. The highest BCUT2D eigenvalue weighted by molar-refractivity contribution is 5.96. The molecule has 0 bridgehead atoms. The molecule has 21 heavy (non-hydrogen) atoms. The molecule has 1 atom stereocenters. The van der Waals surface area contributed by atoms with Crippen molar-refractivity contribution in [2.24, 2.45) is 0 Å². The van der Waals surface area contributed by atoms with Crippen LogP contribution in [-0.2, 0) is 9.53 Å². The molecule has 0 amide bonds. The zero-order chi connectivity index (χ0) is 15.6. The topological polar surface area (TPSA) is 65.5 Å². The molecular formula is C16H17NO4. The van der Waals surface area contributed by atoms with Gasteiger partial charge in [-0.3, -0.25) is 9.78 Å². The number of pyridine rings is 1. The van der Waals surface area contributed by atoms with Crippen LogP contribution < -0.4 is 4.74 Å². The Bertz CT molecular complexity index is 709. The van der Waals surface area contributed by atoms with Gasteiger partial charge in [-0.05, 0) is 39.0 Å². The Morgan fingerprint density at radius 2 is 1.95 bits per heavy atom. The standard InChI is InChI=1S/C16H17NO4/c1-9-14(16(19)21-11(3)10(2)18)7-12-5-6-13(20-4)8-15(12)17-9/h5-8,11H,1-4H3. The zero-order valence-corrected chi connectivity index (χ0v) is 12.5. The fourth-order valence-electron chi connectivity index (χ4n) is 1.88. The molecule has 110 valence electrons. The van der Waals surface area contributed by atoms with Crippen molar-refractivity contribution >= 4 is 22.7 Å². The number of aromatic nitrogens is 1. The van der Waals surface area contributed by atoms with E-state index in [9.17, 15) is 9.59 Å². The van der Waals surface area contributed by atoms with E-state index < -0.39 is 12.1 Å². The van der Waals surface area contributed by atoms with Gasteiger partial charge in [0.25, 0.3) is 0 Å². The number of hydrogen-bond acceptors (Lipinski definition) is 5. The van der Waals surface area contributed by atoms with Crippen LogP contribution >= 0.6 is 0 Å². The third-order valence-corrected chi connectivity index (χ3v) is 3.29. The van der Waals surface area contributed by atoms with E-state index in [1.54, 1.807) is 39.2 Å². The van der Waals surface area contributed by atoms with Crippen LogP contribution in [0.2, 0.25) is 0 Å². The predicted octanol–water partition coefficient (Wildman–Crippen LogP) is 2.69. The van der Waals surface area contributed by atoms with Crippen molar-refractivity contribution in [3.63, 3.8) is 0 Å². The summed E-state index contributed by atoms with van der Waals surface area (Å²) in [6.07, 6.45) is -0.761. The lowest BCUT2D eigenvalue weighted by Gasteiger charge is -2.12. The van der Waals surface area contributed by atoms with Gasteiger partial charge in [-0.15, -0.1) is 0 Å². The van der Waals surface area contributed by atoms with E-state index in [0.29, 0.717) is 17.0 Å². The van der Waals surface area contributed by atoms with E-state index in [2.05, 4.69) is 4.98 Å². The van der Waals surface area contributed by atoms with Gasteiger partial charge >= 0.3 is 5.97 Å². The molecule has 5 heteroatoms. The maximum absolute atomic E-state index is 12.1. The smallest absolute Gasteiger partial charge is 0.340 e. The van der Waals surface area contributed by atoms with Gasteiger partial charge in [0.2, 0.25) is 0 Å². The number of carbonyl (C=O) groups excluding carboxylic acids is 2. The maximum Gasteiger partial charge on any atom is 0.340 e. The molecule has 0 spiro atoms. The highest BCUT2D eigenvalue weighted by Crippen LogP contribution is 2.22. The minimum Gasteiger partial charge on any atom is -0.497 e. The fraction of sp³-hybridized carbons (Fsp3) is 0.312. The summed E-state index contributed by atoms with van der Waals surface area (Å²) < 4.78 is 10.3. The van der Waals surface area contributed by atoms with E-state index in [4.69, 9.17) is 9.47 Å². The first kappa shape index (κ1) is 15.0. The minimum absolute atomic E-state index is 0.195. The molecule has 1 aromatic heterocycles. The van der Waals surface area contributed by atoms with E-state index in [0.717, 1.165) is 10.9 Å². The number of rotatable bonds is 4. The quantitative estimate of drug-likeness (QED) is 0.809. The number of ether oxygens (including phenoxy) is 2. The van der Waals surface area contributed by atoms with Gasteiger partial charge in [0.05, 0.1) is 23.9 Å². The Labute approximate surface area is 122 Å². The number of esters is 1. The summed E-state index contributed by atoms with van der Waals surface area (Å²) in [6.45, 7) is 4.67. The molecule has 0 aliphatic rings. The number of Topliss-reactive ketones (excluding diaryl/α,β-unsaturated/α-hetero) is 1. The molecule has 2 aromatic rings. The second kappa shape index (κ2) is 5.91. The number of fused-ring (bicyclic) bond motifs is 1. The second-order valence-electron chi connectivity index (χ2n) is 4.84. The summed E-state index contributed by atoms with van der Waals surface area (Å²) in [5, 5.41) is 0.809. The van der Waals surface area contributed by atoms with E-state index in [-0.39, 0.29) is 5.78 Å². The monoisotopic (exact) mass is 287 g/mol. The van der Waals surface area contributed by atoms with Crippen molar-refractivity contribution in [3.8, 4) is 5.75 Å². The lowest BCUT2D eigenvalue weighted by Crippen LogP contribution is -2.22. The highest BCUT2D eigenvalue weighted by Gasteiger charge is 2.18. The summed E-state index contributed by atoms with van der Waals surface area (Å²) in [5.41, 5.74) is 1.65. The van der Waals surface area contributed by atoms with E-state index in [1.165, 1.54) is 6.92 Å². The normalized spacial score (nSPS) is 12.0. The minimum atomic E-state index is -0.761. The number of carbonyl (C=O) groups is 2. The first-order chi connectivity index (χ1) is 9.92. The summed E-state index contributed by atoms with van der Waals surface area (Å²) in [4.78, 5) is 27.7. The van der Waals surface area contributed by atoms with E-state index >= 15 is 0 Å². The molecule has 0 N–H and O–H groups in total. The Balaban J connectivity index is 2.38. The van der Waals surface area contributed by atoms with Crippen molar-refractivity contribution in [1.82, 2.24) is 4.98 Å². The Hall–Kier alpha value is -2.43. The van der Waals surface area contributed by atoms with Crippen molar-refractivity contribution in [3.05, 3.63) is 35.5 Å². The predicted molar refractivity (Wildman–Crippen MR) is 78.6 cm³/mol. The average molecular weight is 287 g/mol. The molecule has 1 unspecified atom stereocenters. The van der Waals surface area contributed by atoms with Gasteiger partial charge in [-0.25, -0.2) is 4.79 Å². The molecule has 1 aromatic carbocycles. The molecule has 0 saturated heterocycles. The lowest BCUT2D eigenvalue weighted by molar-refractivity contribution is -0.124. The molecule has 0 radical (unpaired) electrons. The van der Waals surface area contributed by atoms with Crippen molar-refractivity contribution < 1.29 is 19.1 Å². The van der Waals surface area contributed by atoms with Crippen molar-refractivity contribution in [1.29, 1.82) is 0 Å². The first-order valence-electron chi connectivity index (χ1n) is 6.59. The van der Waals surface area contributed by atoms with Crippen LogP contribution in [0.5, 0.6) is 5.75 Å². The second-order valence-corrected chi connectivity index (χ2v) is 4.84. The summed E-state index contributed by atoms with van der Waals surface area (Å²) in [5.74, 6) is -0.0326. The number of methoxy groups -OCH3 is 1. The maximum atomic E-state index is 12.1. The third-order valence-electron chi connectivity index (χ3n) is 3.29. The largest absolute Gasteiger partial charge is 0.497 e. The van der Waals surface area contributed by atoms with Crippen LogP contribution in [-0.4, -0.2) is 30.0 Å². The Morgan fingerprint density at radius 3 is 2.57 bits per heavy atom. The summed E-state index contributed by atoms with van der Waals surface area (Å²) >= 11 is 0. The molecule has 5 nitrogen and oxygen atoms in total. The molecular weight excluding hydrogens is 270 g/mol. The third kappa shape index (κ3) is 3.18. The van der Waals surface area contributed by atoms with Crippen LogP contribution in [0, 0.1) is 6.92 Å². The number of aryl methyl sites for hydroxylation is 1. The van der Waals surface area contributed by atoms with Gasteiger partial charge in [0.1, 0.15) is 5.75 Å². The highest BCUT2D eigenvalue weighted by atomic mass is 16.5. The number of hydrogen-bond donors (Lipinski definition) is 0. The summed E-state index contributed by atoms with van der Waals surface area (Å²) in [6, 6.07) is 7.14. The van der Waals surface area contributed by atoms with Gasteiger partial charge in [0, 0.05) is 11.5 Å². The molecule has 0 fully saturated rings. The Kier molecular flexibility index (Phi) is 4.21. The Morgan fingerprint density at radius 1 is 1.24 bits per heavy atom. The first-order valence-corrected chi connectivity index (χ1v) is 6.59. The lowest BCUT2D eigenvalue weighted by atomic mass is 10.1. The SMILES string of the molecule is COc1ccc2cc(C(=O)OC(C)C(C)=O)c(C)nc2c1. The van der Waals surface area contributed by atoms with Crippen LogP contribution in [0.1, 0.15) is 29.9 Å². The van der Waals surface area contributed by atoms with Crippen LogP contribution in [0.3, 0.4) is 0 Å². The molecule has 2 rings (SSSR count). The number of nitrogens with zero attached hydrogens (tertiary/aromatic N) is 1. The van der Waals surface area contributed by atoms with E-state index in [1.807, 2.05) is 6.07 Å². The van der Waals surface area contributed by atoms with Crippen LogP contribution in [0.15, 0.2) is 24.3 Å². The molecule has 0 aliphatic heterocycles. The number of benzene rings is 1. The van der Waals surface area contributed by atoms with Crippen molar-refractivity contribution in [2.45, 2.75) is 26.9 Å². The van der Waals surface area contributed by atoms with Crippen molar-refractivity contribution in [2.75, 3.05) is 7.11 Å². The molecule has 0 saturated carbocycles. The van der Waals surface area contributed by atoms with Gasteiger partial charge < -0.3 is 9.47 Å². The van der Waals surface area contributed by atoms with Gasteiger partial charge in [0.15, 0.2) is 11.9 Å². The van der Waals surface area contributed by atoms with Gasteiger partial charge in [-0.2, -0.15) is 0 Å². The van der Waals surface area contributed by atoms with Crippen LogP contribution in [0.4, 0.5) is 0 Å². The summed E-state index contributed by atoms with van der Waals surface area (Å²) in [7, 11) is 1.59. The van der Waals surface area contributed by atoms with Gasteiger partial charge in [-0.1, -0.05) is 0 Å². The van der Waals surface area contributed by atoms with Crippen LogP contribution in [0.25, 0.3) is 10.9 Å². The fourth-order valence-corrected chi connectivity index (χ4v) is 1.88. The number of ketones is 1. The molecule has 1 heterocycles.